The van der Waals surface area contributed by atoms with Crippen LogP contribution < -0.4 is 5.32 Å². The van der Waals surface area contributed by atoms with Crippen molar-refractivity contribution >= 4 is 27.5 Å². The van der Waals surface area contributed by atoms with Crippen LogP contribution in [0, 0.1) is 25.2 Å². The van der Waals surface area contributed by atoms with Gasteiger partial charge in [0.25, 0.3) is 5.91 Å². The topological polar surface area (TPSA) is 52.9 Å². The zero-order valence-electron chi connectivity index (χ0n) is 11.2. The number of hydrogen-bond donors (Lipinski definition) is 1. The molecule has 0 aliphatic carbocycles. The number of nitrogens with one attached hydrogen (secondary N) is 1. The fourth-order valence-electron chi connectivity index (χ4n) is 1.75. The van der Waals surface area contributed by atoms with Crippen molar-refractivity contribution in [3.05, 3.63) is 63.1 Å². The van der Waals surface area contributed by atoms with E-state index in [0.717, 1.165) is 15.6 Å². The molecule has 0 aliphatic heterocycles. The molecule has 0 heterocycles. The first-order valence-electron chi connectivity index (χ1n) is 6.09. The maximum absolute atomic E-state index is 12.2. The van der Waals surface area contributed by atoms with E-state index in [1.165, 1.54) is 0 Å². The zero-order chi connectivity index (χ0) is 14.7. The van der Waals surface area contributed by atoms with E-state index >= 15 is 0 Å². The lowest BCUT2D eigenvalue weighted by atomic mass is 10.1. The molecule has 0 unspecified atom stereocenters. The summed E-state index contributed by atoms with van der Waals surface area (Å²) in [5, 5.41) is 11.7. The second-order valence-corrected chi connectivity index (χ2v) is 5.41. The van der Waals surface area contributed by atoms with Crippen LogP contribution in [0.1, 0.15) is 27.0 Å². The van der Waals surface area contributed by atoms with Gasteiger partial charge in [-0.25, -0.2) is 0 Å². The largest absolute Gasteiger partial charge is 0.322 e. The van der Waals surface area contributed by atoms with Crippen molar-refractivity contribution in [3.8, 4) is 6.07 Å². The Morgan fingerprint density at radius 1 is 1.15 bits per heavy atom. The van der Waals surface area contributed by atoms with Crippen LogP contribution in [0.2, 0.25) is 0 Å². The maximum Gasteiger partial charge on any atom is 0.255 e. The highest BCUT2D eigenvalue weighted by Gasteiger charge is 2.09. The minimum Gasteiger partial charge on any atom is -0.322 e. The summed E-state index contributed by atoms with van der Waals surface area (Å²) in [6.07, 6.45) is 0. The zero-order valence-corrected chi connectivity index (χ0v) is 12.8. The van der Waals surface area contributed by atoms with Crippen molar-refractivity contribution in [1.82, 2.24) is 0 Å². The van der Waals surface area contributed by atoms with Gasteiger partial charge in [-0.1, -0.05) is 28.1 Å². The van der Waals surface area contributed by atoms with Gasteiger partial charge in [-0.3, -0.25) is 4.79 Å². The Morgan fingerprint density at radius 3 is 2.50 bits per heavy atom. The second-order valence-electron chi connectivity index (χ2n) is 4.56. The van der Waals surface area contributed by atoms with Gasteiger partial charge in [0, 0.05) is 15.7 Å². The first-order valence-corrected chi connectivity index (χ1v) is 6.89. The molecule has 0 atom stereocenters. The van der Waals surface area contributed by atoms with Gasteiger partial charge in [-0.2, -0.15) is 5.26 Å². The van der Waals surface area contributed by atoms with Crippen molar-refractivity contribution in [1.29, 1.82) is 5.26 Å². The molecule has 2 aromatic rings. The lowest BCUT2D eigenvalue weighted by Crippen LogP contribution is -2.13. The number of rotatable bonds is 2. The molecule has 2 aromatic carbocycles. The molecule has 1 N–H and O–H groups in total. The van der Waals surface area contributed by atoms with Crippen LogP contribution in [0.25, 0.3) is 0 Å². The Balaban J connectivity index is 2.28. The molecular formula is C16H13BrN2O. The van der Waals surface area contributed by atoms with Crippen LogP contribution in [0.5, 0.6) is 0 Å². The van der Waals surface area contributed by atoms with Gasteiger partial charge >= 0.3 is 0 Å². The summed E-state index contributed by atoms with van der Waals surface area (Å²) in [5.74, 6) is -0.191. The van der Waals surface area contributed by atoms with Gasteiger partial charge in [0.05, 0.1) is 11.6 Å². The molecule has 2 rings (SSSR count). The second kappa shape index (κ2) is 5.89. The fourth-order valence-corrected chi connectivity index (χ4v) is 2.13. The van der Waals surface area contributed by atoms with E-state index in [4.69, 9.17) is 5.26 Å². The number of nitrogens with zero attached hydrogens (tertiary/aromatic N) is 1. The Bertz CT molecular complexity index is 717. The minimum absolute atomic E-state index is 0.191. The molecule has 20 heavy (non-hydrogen) atoms. The SMILES string of the molecule is Cc1ccc(C(=O)Nc2cc(C#N)ccc2C)cc1Br. The molecular weight excluding hydrogens is 316 g/mol. The molecule has 4 heteroatoms. The van der Waals surface area contributed by atoms with Gasteiger partial charge in [-0.15, -0.1) is 0 Å². The predicted molar refractivity (Wildman–Crippen MR) is 82.7 cm³/mol. The summed E-state index contributed by atoms with van der Waals surface area (Å²) >= 11 is 3.41. The van der Waals surface area contributed by atoms with Gasteiger partial charge in [0.2, 0.25) is 0 Å². The van der Waals surface area contributed by atoms with Crippen LogP contribution in [-0.2, 0) is 0 Å². The average Bonchev–Trinajstić information content (AvgIpc) is 2.44. The molecule has 0 aromatic heterocycles. The number of aryl methyl sites for hydroxylation is 2. The quantitative estimate of drug-likeness (QED) is 0.898. The summed E-state index contributed by atoms with van der Waals surface area (Å²) in [4.78, 5) is 12.2. The number of nitriles is 1. The summed E-state index contributed by atoms with van der Waals surface area (Å²) < 4.78 is 0.896. The number of hydrogen-bond acceptors (Lipinski definition) is 2. The molecule has 0 fully saturated rings. The van der Waals surface area contributed by atoms with Gasteiger partial charge < -0.3 is 5.32 Å². The van der Waals surface area contributed by atoms with Crippen molar-refractivity contribution in [3.63, 3.8) is 0 Å². The van der Waals surface area contributed by atoms with E-state index in [1.807, 2.05) is 26.0 Å². The highest BCUT2D eigenvalue weighted by molar-refractivity contribution is 9.10. The highest BCUT2D eigenvalue weighted by atomic mass is 79.9. The van der Waals surface area contributed by atoms with E-state index < -0.39 is 0 Å². The van der Waals surface area contributed by atoms with Crippen molar-refractivity contribution in [2.24, 2.45) is 0 Å². The summed E-state index contributed by atoms with van der Waals surface area (Å²) in [5.41, 5.74) is 3.75. The lowest BCUT2D eigenvalue weighted by Gasteiger charge is -2.09. The van der Waals surface area contributed by atoms with Crippen molar-refractivity contribution < 1.29 is 4.79 Å². The predicted octanol–water partition coefficient (Wildman–Crippen LogP) is 4.19. The summed E-state index contributed by atoms with van der Waals surface area (Å²) in [6, 6.07) is 12.7. The number of amides is 1. The monoisotopic (exact) mass is 328 g/mol. The number of benzene rings is 2. The number of anilines is 1. The Labute approximate surface area is 126 Å². The maximum atomic E-state index is 12.2. The van der Waals surface area contributed by atoms with E-state index in [2.05, 4.69) is 27.3 Å². The normalized spacial score (nSPS) is 9.90. The average molecular weight is 329 g/mol. The van der Waals surface area contributed by atoms with E-state index in [9.17, 15) is 4.79 Å². The Hall–Kier alpha value is -2.12. The van der Waals surface area contributed by atoms with Crippen LogP contribution in [0.3, 0.4) is 0 Å². The van der Waals surface area contributed by atoms with Crippen LogP contribution in [0.4, 0.5) is 5.69 Å². The third-order valence-electron chi connectivity index (χ3n) is 3.05. The Kier molecular flexibility index (Phi) is 4.21. The third-order valence-corrected chi connectivity index (χ3v) is 3.90. The molecule has 0 spiro atoms. The minimum atomic E-state index is -0.191. The van der Waals surface area contributed by atoms with E-state index in [-0.39, 0.29) is 5.91 Å². The van der Waals surface area contributed by atoms with Crippen LogP contribution in [-0.4, -0.2) is 5.91 Å². The molecule has 0 saturated heterocycles. The summed E-state index contributed by atoms with van der Waals surface area (Å²) in [6.45, 7) is 3.86. The van der Waals surface area contributed by atoms with Crippen molar-refractivity contribution in [2.45, 2.75) is 13.8 Å². The van der Waals surface area contributed by atoms with Crippen LogP contribution >= 0.6 is 15.9 Å². The van der Waals surface area contributed by atoms with Gasteiger partial charge in [-0.05, 0) is 49.2 Å². The number of carbonyl (C=O) groups excluding carboxylic acids is 1. The number of halogens is 1. The first-order chi connectivity index (χ1) is 9.51. The first kappa shape index (κ1) is 14.3. The highest BCUT2D eigenvalue weighted by Crippen LogP contribution is 2.20. The molecule has 0 saturated carbocycles. The standard InChI is InChI=1S/C16H13BrN2O/c1-10-4-6-13(8-14(10)17)16(20)19-15-7-12(9-18)5-3-11(15)2/h3-8H,1-2H3,(H,19,20). The van der Waals surface area contributed by atoms with E-state index in [1.54, 1.807) is 24.3 Å². The molecule has 0 bridgehead atoms. The molecule has 0 aliphatic rings. The van der Waals surface area contributed by atoms with Gasteiger partial charge in [0.15, 0.2) is 0 Å². The lowest BCUT2D eigenvalue weighted by molar-refractivity contribution is 0.102. The molecule has 0 radical (unpaired) electrons. The summed E-state index contributed by atoms with van der Waals surface area (Å²) in [7, 11) is 0. The molecule has 1 amide bonds. The van der Waals surface area contributed by atoms with Crippen molar-refractivity contribution in [2.75, 3.05) is 5.32 Å². The molecule has 3 nitrogen and oxygen atoms in total. The molecule has 100 valence electrons. The smallest absolute Gasteiger partial charge is 0.255 e. The number of carbonyl (C=O) groups is 1. The fraction of sp³-hybridized carbons (Fsp3) is 0.125. The van der Waals surface area contributed by atoms with Gasteiger partial charge in [0.1, 0.15) is 0 Å². The van der Waals surface area contributed by atoms with E-state index in [0.29, 0.717) is 16.8 Å². The Morgan fingerprint density at radius 2 is 1.85 bits per heavy atom. The van der Waals surface area contributed by atoms with Crippen LogP contribution in [0.15, 0.2) is 40.9 Å². The third kappa shape index (κ3) is 3.06.